The van der Waals surface area contributed by atoms with Gasteiger partial charge in [0.2, 0.25) is 0 Å². The predicted molar refractivity (Wildman–Crippen MR) is 55.9 cm³/mol. The van der Waals surface area contributed by atoms with Gasteiger partial charge in [0.05, 0.1) is 11.5 Å². The maximum Gasteiger partial charge on any atom is 0.151 e. The van der Waals surface area contributed by atoms with E-state index in [1.54, 1.807) is 0 Å². The van der Waals surface area contributed by atoms with Crippen molar-refractivity contribution in [2.24, 2.45) is 5.92 Å². The molecule has 0 aromatic carbocycles. The summed E-state index contributed by atoms with van der Waals surface area (Å²) in [6.07, 6.45) is 0.868. The number of sulfone groups is 1. The monoisotopic (exact) mass is 221 g/mol. The van der Waals surface area contributed by atoms with Gasteiger partial charge in [0, 0.05) is 5.25 Å². The highest BCUT2D eigenvalue weighted by Gasteiger charge is 2.29. The fourth-order valence-corrected chi connectivity index (χ4v) is 5.39. The molecule has 0 radical (unpaired) electrons. The predicted octanol–water partition coefficient (Wildman–Crippen LogP) is 0.126. The van der Waals surface area contributed by atoms with E-state index in [0.717, 1.165) is 31.2 Å². The maximum atomic E-state index is 11.1. The van der Waals surface area contributed by atoms with E-state index in [2.05, 4.69) is 5.32 Å². The Labute approximate surface area is 83.6 Å². The molecule has 1 unspecified atom stereocenters. The molecular formula is C8H15NO2S2. The van der Waals surface area contributed by atoms with Gasteiger partial charge in [0.15, 0.2) is 9.84 Å². The third-order valence-corrected chi connectivity index (χ3v) is 6.14. The summed E-state index contributed by atoms with van der Waals surface area (Å²) in [4.78, 5) is 0. The Balaban J connectivity index is 1.71. The van der Waals surface area contributed by atoms with Crippen LogP contribution in [-0.4, -0.2) is 44.0 Å². The van der Waals surface area contributed by atoms with E-state index in [-0.39, 0.29) is 0 Å². The van der Waals surface area contributed by atoms with Crippen LogP contribution in [0.4, 0.5) is 0 Å². The summed E-state index contributed by atoms with van der Waals surface area (Å²) in [5, 5.41) is 3.60. The topological polar surface area (TPSA) is 46.2 Å². The Morgan fingerprint density at radius 2 is 2.15 bits per heavy atom. The third-order valence-electron chi connectivity index (χ3n) is 2.62. The summed E-state index contributed by atoms with van der Waals surface area (Å²) in [6, 6.07) is 0. The summed E-state index contributed by atoms with van der Waals surface area (Å²) < 4.78 is 22.3. The summed E-state index contributed by atoms with van der Waals surface area (Å²) in [5.74, 6) is 2.74. The van der Waals surface area contributed by atoms with Crippen LogP contribution in [0.3, 0.4) is 0 Å². The lowest BCUT2D eigenvalue weighted by molar-refractivity contribution is 0.385. The molecular weight excluding hydrogens is 206 g/mol. The smallest absolute Gasteiger partial charge is 0.151 e. The number of nitrogens with one attached hydrogen (secondary N) is 1. The summed E-state index contributed by atoms with van der Waals surface area (Å²) in [6.45, 7) is 2.24. The summed E-state index contributed by atoms with van der Waals surface area (Å²) in [5.41, 5.74) is 0. The molecule has 5 heteroatoms. The second kappa shape index (κ2) is 3.79. The lowest BCUT2D eigenvalue weighted by Gasteiger charge is -2.27. The Hall–Kier alpha value is 0.260. The summed E-state index contributed by atoms with van der Waals surface area (Å²) >= 11 is 1.85. The third kappa shape index (κ3) is 2.60. The standard InChI is InChI=1S/C8H15NO2S2/c10-13(11)2-1-8(6-13)12-5-7-3-9-4-7/h7-9H,1-6H2. The summed E-state index contributed by atoms with van der Waals surface area (Å²) in [7, 11) is -2.67. The van der Waals surface area contributed by atoms with E-state index in [0.29, 0.717) is 16.8 Å². The van der Waals surface area contributed by atoms with Gasteiger partial charge in [-0.2, -0.15) is 11.8 Å². The van der Waals surface area contributed by atoms with Crippen LogP contribution in [-0.2, 0) is 9.84 Å². The van der Waals surface area contributed by atoms with E-state index < -0.39 is 9.84 Å². The molecule has 0 spiro atoms. The Morgan fingerprint density at radius 3 is 2.62 bits per heavy atom. The zero-order chi connectivity index (χ0) is 9.31. The van der Waals surface area contributed by atoms with Gasteiger partial charge in [-0.3, -0.25) is 0 Å². The average molecular weight is 221 g/mol. The van der Waals surface area contributed by atoms with Crippen LogP contribution in [0.5, 0.6) is 0 Å². The van der Waals surface area contributed by atoms with Crippen molar-refractivity contribution in [3.05, 3.63) is 0 Å². The fraction of sp³-hybridized carbons (Fsp3) is 1.00. The second-order valence-corrected chi connectivity index (χ2v) is 7.44. The van der Waals surface area contributed by atoms with Crippen LogP contribution in [0.15, 0.2) is 0 Å². The van der Waals surface area contributed by atoms with E-state index in [1.807, 2.05) is 11.8 Å². The van der Waals surface area contributed by atoms with Crippen LogP contribution in [0.1, 0.15) is 6.42 Å². The fourth-order valence-electron chi connectivity index (χ4n) is 1.63. The van der Waals surface area contributed by atoms with Crippen LogP contribution in [0.25, 0.3) is 0 Å². The van der Waals surface area contributed by atoms with Crippen LogP contribution < -0.4 is 5.32 Å². The van der Waals surface area contributed by atoms with E-state index in [9.17, 15) is 8.42 Å². The van der Waals surface area contributed by atoms with Crippen molar-refractivity contribution in [2.45, 2.75) is 11.7 Å². The van der Waals surface area contributed by atoms with Crippen molar-refractivity contribution in [3.8, 4) is 0 Å². The van der Waals surface area contributed by atoms with Gasteiger partial charge < -0.3 is 5.32 Å². The van der Waals surface area contributed by atoms with Gasteiger partial charge in [-0.25, -0.2) is 8.42 Å². The highest BCUT2D eigenvalue weighted by Crippen LogP contribution is 2.26. The minimum Gasteiger partial charge on any atom is -0.316 e. The minimum absolute atomic E-state index is 0.380. The van der Waals surface area contributed by atoms with Crippen molar-refractivity contribution in [1.29, 1.82) is 0 Å². The van der Waals surface area contributed by atoms with Gasteiger partial charge in [0.1, 0.15) is 0 Å². The number of hydrogen-bond donors (Lipinski definition) is 1. The molecule has 2 saturated heterocycles. The van der Waals surface area contributed by atoms with Crippen LogP contribution in [0, 0.1) is 5.92 Å². The average Bonchev–Trinajstić information content (AvgIpc) is 2.27. The van der Waals surface area contributed by atoms with Crippen LogP contribution in [0.2, 0.25) is 0 Å². The molecule has 2 aliphatic rings. The molecule has 0 bridgehead atoms. The largest absolute Gasteiger partial charge is 0.316 e. The maximum absolute atomic E-state index is 11.1. The first-order valence-electron chi connectivity index (χ1n) is 4.68. The first-order valence-corrected chi connectivity index (χ1v) is 7.55. The molecule has 2 fully saturated rings. The Bertz CT molecular complexity index is 272. The van der Waals surface area contributed by atoms with E-state index in [1.165, 1.54) is 0 Å². The number of thioether (sulfide) groups is 1. The van der Waals surface area contributed by atoms with Gasteiger partial charge in [-0.15, -0.1) is 0 Å². The zero-order valence-corrected chi connectivity index (χ0v) is 9.16. The highest BCUT2D eigenvalue weighted by atomic mass is 32.2. The highest BCUT2D eigenvalue weighted by molar-refractivity contribution is 8.01. The van der Waals surface area contributed by atoms with Crippen molar-refractivity contribution in [2.75, 3.05) is 30.3 Å². The first-order chi connectivity index (χ1) is 6.16. The van der Waals surface area contributed by atoms with Crippen molar-refractivity contribution in [3.63, 3.8) is 0 Å². The Kier molecular flexibility index (Phi) is 2.86. The van der Waals surface area contributed by atoms with Crippen molar-refractivity contribution < 1.29 is 8.42 Å². The quantitative estimate of drug-likeness (QED) is 0.735. The first kappa shape index (κ1) is 9.80. The second-order valence-electron chi connectivity index (χ2n) is 3.88. The normalized spacial score (nSPS) is 33.1. The van der Waals surface area contributed by atoms with Crippen molar-refractivity contribution >= 4 is 21.6 Å². The lowest BCUT2D eigenvalue weighted by atomic mass is 10.1. The molecule has 13 heavy (non-hydrogen) atoms. The zero-order valence-electron chi connectivity index (χ0n) is 7.53. The van der Waals surface area contributed by atoms with Crippen LogP contribution >= 0.6 is 11.8 Å². The molecule has 3 nitrogen and oxygen atoms in total. The molecule has 0 aromatic heterocycles. The molecule has 2 rings (SSSR count). The SMILES string of the molecule is O=S1(=O)CCC(SCC2CNC2)C1. The van der Waals surface area contributed by atoms with Crippen molar-refractivity contribution in [1.82, 2.24) is 5.32 Å². The van der Waals surface area contributed by atoms with Gasteiger partial charge >= 0.3 is 0 Å². The molecule has 2 aliphatic heterocycles. The molecule has 0 saturated carbocycles. The molecule has 1 N–H and O–H groups in total. The molecule has 1 atom stereocenters. The van der Waals surface area contributed by atoms with Gasteiger partial charge in [-0.1, -0.05) is 0 Å². The molecule has 0 aromatic rings. The van der Waals surface area contributed by atoms with Gasteiger partial charge in [-0.05, 0) is 31.2 Å². The molecule has 2 heterocycles. The molecule has 0 amide bonds. The lowest BCUT2D eigenvalue weighted by Crippen LogP contribution is -2.43. The van der Waals surface area contributed by atoms with Gasteiger partial charge in [0.25, 0.3) is 0 Å². The number of hydrogen-bond acceptors (Lipinski definition) is 4. The molecule has 0 aliphatic carbocycles. The number of rotatable bonds is 3. The Morgan fingerprint density at radius 1 is 1.38 bits per heavy atom. The van der Waals surface area contributed by atoms with E-state index in [4.69, 9.17) is 0 Å². The van der Waals surface area contributed by atoms with E-state index >= 15 is 0 Å². The minimum atomic E-state index is -2.67. The molecule has 76 valence electrons.